The van der Waals surface area contributed by atoms with E-state index in [0.29, 0.717) is 5.01 Å². The lowest BCUT2D eigenvalue weighted by Crippen LogP contribution is -2.20. The van der Waals surface area contributed by atoms with Crippen LogP contribution in [0.25, 0.3) is 0 Å². The number of aryl methyl sites for hydroxylation is 2. The first-order chi connectivity index (χ1) is 12.0. The Morgan fingerprint density at radius 3 is 2.76 bits per heavy atom. The summed E-state index contributed by atoms with van der Waals surface area (Å²) in [6.45, 7) is -0.269. The van der Waals surface area contributed by atoms with Gasteiger partial charge in [0.2, 0.25) is 0 Å². The maximum Gasteiger partial charge on any atom is 0.354 e. The highest BCUT2D eigenvalue weighted by molar-refractivity contribution is 7.93. The van der Waals surface area contributed by atoms with Gasteiger partial charge in [0.25, 0.3) is 0 Å². The molecule has 1 atom stereocenters. The molecule has 2 amide bonds. The molecule has 9 heteroatoms. The molecule has 0 spiro atoms. The average Bonchev–Trinajstić information content (AvgIpc) is 3.18. The first-order valence-corrected chi connectivity index (χ1v) is 10.5. The number of amides is 2. The summed E-state index contributed by atoms with van der Waals surface area (Å²) in [5.41, 5.74) is 5.73. The van der Waals surface area contributed by atoms with E-state index in [-0.39, 0.29) is 10.8 Å². The van der Waals surface area contributed by atoms with Crippen LogP contribution < -0.4 is 10.5 Å². The zero-order valence-corrected chi connectivity index (χ0v) is 15.1. The van der Waals surface area contributed by atoms with Crippen molar-refractivity contribution in [3.05, 3.63) is 39.5 Å². The van der Waals surface area contributed by atoms with Gasteiger partial charge in [0.15, 0.2) is 9.92 Å². The minimum absolute atomic E-state index is 0.179. The van der Waals surface area contributed by atoms with Crippen molar-refractivity contribution < 1.29 is 14.1 Å². The lowest BCUT2D eigenvalue weighted by atomic mass is 9.83. The third kappa shape index (κ3) is 2.97. The number of carbonyl (C=O) groups excluding carboxylic acids is 1. The molecule has 0 aliphatic heterocycles. The van der Waals surface area contributed by atoms with Crippen LogP contribution in [0.5, 0.6) is 0 Å². The highest BCUT2D eigenvalue weighted by Crippen LogP contribution is 2.39. The Morgan fingerprint density at radius 1 is 1.32 bits per heavy atom. The van der Waals surface area contributed by atoms with Crippen molar-refractivity contribution in [3.8, 4) is 0 Å². The number of benzene rings is 1. The zero-order valence-electron chi connectivity index (χ0n) is 13.4. The number of hydrogen-bond donors (Lipinski definition) is 3. The number of rotatable bonds is 3. The summed E-state index contributed by atoms with van der Waals surface area (Å²) in [6.07, 6.45) is 6.30. The van der Waals surface area contributed by atoms with Gasteiger partial charge in [0, 0.05) is 5.69 Å². The van der Waals surface area contributed by atoms with E-state index in [1.165, 1.54) is 22.9 Å². The average molecular weight is 378 g/mol. The summed E-state index contributed by atoms with van der Waals surface area (Å²) in [6, 6.07) is 1.54. The van der Waals surface area contributed by atoms with E-state index in [9.17, 15) is 9.00 Å². The number of anilines is 1. The number of nitrogens with two attached hydrogens (primary N) is 1. The van der Waals surface area contributed by atoms with Gasteiger partial charge in [-0.25, -0.2) is 19.1 Å². The maximum absolute atomic E-state index is 12.6. The predicted molar refractivity (Wildman–Crippen MR) is 96.0 cm³/mol. The number of carbonyl (C=O) groups is 1. The van der Waals surface area contributed by atoms with Crippen molar-refractivity contribution in [2.75, 3.05) is 5.32 Å². The number of nitrogens with zero attached hydrogens (tertiary/aromatic N) is 2. The SMILES string of the molecule is NS(=O)(=NC(=O)Nc1c2c(cc3c1CC3)CCC2)c1cnc(CO)s1. The number of aliphatic hydroxyl groups excluding tert-OH is 1. The molecule has 25 heavy (non-hydrogen) atoms. The van der Waals surface area contributed by atoms with Gasteiger partial charge >= 0.3 is 6.03 Å². The minimum atomic E-state index is -3.38. The predicted octanol–water partition coefficient (Wildman–Crippen LogP) is 2.16. The van der Waals surface area contributed by atoms with Crippen LogP contribution in [-0.4, -0.2) is 20.3 Å². The Labute approximate surface area is 149 Å². The second-order valence-electron chi connectivity index (χ2n) is 6.20. The quantitative estimate of drug-likeness (QED) is 0.758. The smallest absolute Gasteiger partial charge is 0.354 e. The monoisotopic (exact) mass is 378 g/mol. The van der Waals surface area contributed by atoms with Crippen LogP contribution >= 0.6 is 11.3 Å². The molecule has 1 heterocycles. The van der Waals surface area contributed by atoms with E-state index >= 15 is 0 Å². The molecule has 132 valence electrons. The van der Waals surface area contributed by atoms with E-state index in [4.69, 9.17) is 10.2 Å². The number of thiazole rings is 1. The lowest BCUT2D eigenvalue weighted by molar-refractivity contribution is 0.260. The van der Waals surface area contributed by atoms with E-state index in [1.54, 1.807) is 0 Å². The maximum atomic E-state index is 12.6. The Kier molecular flexibility index (Phi) is 4.11. The lowest BCUT2D eigenvalue weighted by Gasteiger charge is -2.25. The Balaban J connectivity index is 1.64. The fraction of sp³-hybridized carbons (Fsp3) is 0.375. The number of aliphatic hydroxyl groups is 1. The third-order valence-electron chi connectivity index (χ3n) is 4.65. The molecular formula is C16H18N4O3S2. The molecule has 0 saturated carbocycles. The fourth-order valence-corrected chi connectivity index (χ4v) is 5.37. The van der Waals surface area contributed by atoms with E-state index in [2.05, 4.69) is 20.7 Å². The van der Waals surface area contributed by atoms with Gasteiger partial charge < -0.3 is 10.4 Å². The van der Waals surface area contributed by atoms with Crippen molar-refractivity contribution in [1.82, 2.24) is 4.98 Å². The van der Waals surface area contributed by atoms with Gasteiger partial charge in [0.1, 0.15) is 9.22 Å². The summed E-state index contributed by atoms with van der Waals surface area (Å²) < 4.78 is 16.4. The fourth-order valence-electron chi connectivity index (χ4n) is 3.39. The molecule has 7 nitrogen and oxygen atoms in total. The summed E-state index contributed by atoms with van der Waals surface area (Å²) in [7, 11) is -3.38. The van der Waals surface area contributed by atoms with Crippen LogP contribution in [-0.2, 0) is 42.2 Å². The summed E-state index contributed by atoms with van der Waals surface area (Å²) in [5.74, 6) is 0. The van der Waals surface area contributed by atoms with E-state index < -0.39 is 15.9 Å². The molecule has 2 aliphatic carbocycles. The van der Waals surface area contributed by atoms with Crippen LogP contribution in [0.4, 0.5) is 10.5 Å². The number of hydrogen-bond acceptors (Lipinski definition) is 5. The largest absolute Gasteiger partial charge is 0.389 e. The molecule has 1 unspecified atom stereocenters. The number of aromatic nitrogens is 1. The second kappa shape index (κ2) is 6.17. The highest BCUT2D eigenvalue weighted by atomic mass is 32.2. The first-order valence-electron chi connectivity index (χ1n) is 8.06. The topological polar surface area (TPSA) is 118 Å². The van der Waals surface area contributed by atoms with Gasteiger partial charge in [-0.1, -0.05) is 6.07 Å². The number of urea groups is 1. The standard InChI is InChI=1S/C16H18N4O3S2/c17-25(23,14-7-18-13(8-21)24-14)20-16(22)19-15-11-3-1-2-9(11)6-10-4-5-12(10)15/h6-7,21H,1-5,8H2,(H3,17,19,20,22,23). The van der Waals surface area contributed by atoms with Gasteiger partial charge in [0.05, 0.1) is 12.8 Å². The summed E-state index contributed by atoms with van der Waals surface area (Å²) in [4.78, 5) is 16.3. The van der Waals surface area contributed by atoms with Crippen LogP contribution in [0.2, 0.25) is 0 Å². The molecule has 0 fully saturated rings. The van der Waals surface area contributed by atoms with Crippen LogP contribution in [0.15, 0.2) is 20.8 Å². The molecule has 2 aromatic rings. The van der Waals surface area contributed by atoms with Crippen molar-refractivity contribution in [2.45, 2.75) is 42.9 Å². The second-order valence-corrected chi connectivity index (χ2v) is 9.34. The molecule has 0 saturated heterocycles. The molecule has 1 aromatic carbocycles. The van der Waals surface area contributed by atoms with Crippen molar-refractivity contribution in [3.63, 3.8) is 0 Å². The Bertz CT molecular complexity index is 990. The third-order valence-corrected chi connectivity index (χ3v) is 7.51. The molecule has 0 radical (unpaired) electrons. The van der Waals surface area contributed by atoms with Crippen molar-refractivity contribution in [2.24, 2.45) is 9.50 Å². The van der Waals surface area contributed by atoms with Crippen LogP contribution in [0.1, 0.15) is 33.7 Å². The molecule has 1 aromatic heterocycles. The van der Waals surface area contributed by atoms with Gasteiger partial charge in [-0.3, -0.25) is 0 Å². The zero-order chi connectivity index (χ0) is 17.6. The molecule has 0 bridgehead atoms. The Morgan fingerprint density at radius 2 is 2.08 bits per heavy atom. The Hall–Kier alpha value is -1.81. The molecule has 2 aliphatic rings. The van der Waals surface area contributed by atoms with Crippen LogP contribution in [0.3, 0.4) is 0 Å². The normalized spacial score (nSPS) is 17.2. The summed E-state index contributed by atoms with van der Waals surface area (Å²) in [5, 5.41) is 18.0. The molecular weight excluding hydrogens is 360 g/mol. The molecule has 4 N–H and O–H groups in total. The van der Waals surface area contributed by atoms with Gasteiger partial charge in [-0.15, -0.1) is 15.7 Å². The summed E-state index contributed by atoms with van der Waals surface area (Å²) >= 11 is 0.990. The van der Waals surface area contributed by atoms with Gasteiger partial charge in [-0.05, 0) is 54.4 Å². The van der Waals surface area contributed by atoms with Gasteiger partial charge in [-0.2, -0.15) is 0 Å². The number of fused-ring (bicyclic) bond motifs is 2. The van der Waals surface area contributed by atoms with Crippen molar-refractivity contribution >= 4 is 33.0 Å². The highest BCUT2D eigenvalue weighted by Gasteiger charge is 2.26. The molecule has 4 rings (SSSR count). The number of nitrogens with one attached hydrogen (secondary N) is 1. The first kappa shape index (κ1) is 16.6. The minimum Gasteiger partial charge on any atom is -0.389 e. The van der Waals surface area contributed by atoms with E-state index in [0.717, 1.165) is 54.7 Å². The van der Waals surface area contributed by atoms with Crippen LogP contribution in [0, 0.1) is 0 Å². The van der Waals surface area contributed by atoms with E-state index in [1.807, 2.05) is 0 Å². The van der Waals surface area contributed by atoms with Crippen molar-refractivity contribution in [1.29, 1.82) is 0 Å².